The summed E-state index contributed by atoms with van der Waals surface area (Å²) >= 11 is 6.84. The number of nitrogens with one attached hydrogen (secondary N) is 2. The molecule has 101 heavy (non-hydrogen) atoms. The molecule has 2 fully saturated rings. The van der Waals surface area contributed by atoms with Crippen LogP contribution >= 0.6 is 33.2 Å². The van der Waals surface area contributed by atoms with Gasteiger partial charge in [-0.25, -0.2) is 9.59 Å². The predicted molar refractivity (Wildman–Crippen MR) is 368 cm³/mol. The number of benzene rings is 1. The number of likely N-dealkylation sites (N-methyl/N-ethyl adjacent to an activating group) is 1. The first kappa shape index (κ1) is 83.5. The number of aromatic nitrogens is 3. The summed E-state index contributed by atoms with van der Waals surface area (Å²) in [5.41, 5.74) is 10.4. The summed E-state index contributed by atoms with van der Waals surface area (Å²) in [5, 5.41) is 44.3. The fraction of sp³-hybridized carbons (Fsp3) is 0.621. The van der Waals surface area contributed by atoms with E-state index in [4.69, 9.17) is 61.3 Å². The van der Waals surface area contributed by atoms with Crippen LogP contribution in [0.25, 0.3) is 0 Å². The molecule has 12 atom stereocenters. The number of carboxylic acid groups (broad SMARTS) is 2. The molecule has 3 aliphatic heterocycles. The standard InChI is InChI=1S/C66H93ClN10O22S2/c1-38-14-11-18-52(94-8)66(92)30-51(97-57(86)31-66)39(2)59-65(4,99-59)53(29-55(83)76(6)48-25-41(24-38)26-50(93-7)58(48)67)98-63(91)40(3)75(5)54(82)20-23-100-101-35-47(62(89)90)72-61(88)43(34-96-37-79)28-49(81)46(17-13-21-70-64(68)69)71-60(87)42(33-95-36-78)27-45(80)16-9-10-22-77-32-44(73-74-77)15-12-19-56(84)85/h11,14,18,25-26,32,36-37,39-40,42-43,46-47,51-53,59,92H,9-10,12-13,15-17,19-24,27-31,33-35H2,1-8H3,(H,71,87)(H,72,88)(H,84,85)(H,89,90)(H4,68,69,70)/b18-11+,38-14+/t39-,40+,42+,43+,46+,47+,51+,52-,53+,59+,65-,66-/m1/s1. The number of ether oxygens (including phenoxy) is 7. The third-order valence-electron chi connectivity index (χ3n) is 17.7. The number of nitrogens with zero attached hydrogens (tertiary/aromatic N) is 6. The summed E-state index contributed by atoms with van der Waals surface area (Å²) in [7, 11) is 7.78. The van der Waals surface area contributed by atoms with Crippen LogP contribution in [0.5, 0.6) is 5.75 Å². The molecule has 9 N–H and O–H groups in total. The van der Waals surface area contributed by atoms with Crippen molar-refractivity contribution in [3.05, 3.63) is 58.4 Å². The molecule has 0 unspecified atom stereocenters. The number of allylic oxidation sites excluding steroid dienone is 3. The Morgan fingerprint density at radius 3 is 2.28 bits per heavy atom. The second-order valence-corrected chi connectivity index (χ2v) is 28.3. The maximum Gasteiger partial charge on any atom is 0.328 e. The van der Waals surface area contributed by atoms with Crippen molar-refractivity contribution in [1.82, 2.24) is 30.5 Å². The number of unbranched alkanes of at least 4 members (excludes halogenated alkanes) is 1. The van der Waals surface area contributed by atoms with Gasteiger partial charge in [0, 0.05) is 96.4 Å². The molecule has 0 spiro atoms. The number of halogens is 1. The van der Waals surface area contributed by atoms with E-state index in [-0.39, 0.29) is 99.1 Å². The number of fused-ring (bicyclic) bond motifs is 5. The van der Waals surface area contributed by atoms with Crippen LogP contribution in [0.15, 0.2) is 47.1 Å². The number of aliphatic carboxylic acids is 2. The van der Waals surface area contributed by atoms with Gasteiger partial charge in [-0.15, -0.1) is 5.10 Å². The minimum atomic E-state index is -1.69. The molecular formula is C66H93ClN10O22S2. The van der Waals surface area contributed by atoms with Crippen LogP contribution in [-0.2, 0) is 105 Å². The smallest absolute Gasteiger partial charge is 0.328 e. The Bertz CT molecular complexity index is 3350. The number of hydrogen-bond donors (Lipinski definition) is 7. The van der Waals surface area contributed by atoms with Gasteiger partial charge in [-0.05, 0) is 83.4 Å². The molecule has 32 nitrogen and oxygen atoms in total. The summed E-state index contributed by atoms with van der Waals surface area (Å²) in [4.78, 5) is 163. The summed E-state index contributed by atoms with van der Waals surface area (Å²) in [5.74, 6) is -11.6. The number of guanidine groups is 1. The number of aliphatic hydroxyl groups is 1. The molecule has 0 saturated carbocycles. The first-order chi connectivity index (χ1) is 47.9. The zero-order valence-electron chi connectivity index (χ0n) is 57.9. The van der Waals surface area contributed by atoms with Gasteiger partial charge in [-0.2, -0.15) is 0 Å². The Morgan fingerprint density at radius 2 is 1.63 bits per heavy atom. The molecule has 2 aromatic rings. The number of ketones is 2. The molecule has 0 aliphatic carbocycles. The average molecular weight is 1480 g/mol. The Balaban J connectivity index is 1.20. The molecule has 35 heteroatoms. The lowest BCUT2D eigenvalue weighted by molar-refractivity contribution is -0.187. The van der Waals surface area contributed by atoms with Gasteiger partial charge in [-0.1, -0.05) is 69.1 Å². The maximum atomic E-state index is 14.5. The number of anilines is 1. The van der Waals surface area contributed by atoms with E-state index < -0.39 is 151 Å². The second-order valence-electron chi connectivity index (χ2n) is 25.3. The molecule has 4 bridgehead atoms. The van der Waals surface area contributed by atoms with Gasteiger partial charge >= 0.3 is 23.9 Å². The van der Waals surface area contributed by atoms with Gasteiger partial charge in [0.2, 0.25) is 23.6 Å². The second kappa shape index (κ2) is 40.5. The van der Waals surface area contributed by atoms with Crippen molar-refractivity contribution in [3.63, 3.8) is 0 Å². The fourth-order valence-corrected chi connectivity index (χ4v) is 14.1. The van der Waals surface area contributed by atoms with Crippen molar-refractivity contribution >= 4 is 117 Å². The molecule has 2 saturated heterocycles. The highest BCUT2D eigenvalue weighted by Gasteiger charge is 2.64. The SMILES string of the molecule is COc1cc2cc(c1Cl)N(C)C(=O)C[C@H](OC(=O)[C@H](C)N(C)C(=O)CCSSC[C@H](NC(=O)[C@H](COC=O)CC(=O)[C@H](CCCN=C(N)N)NC(=O)[C@H](COC=O)CC(=O)CCCCn1cc(CCCC(=O)O)nn1)C(=O)O)[C@@]1(C)O[C@H]1[C@H](C)[C@@H]1C[C@@](O)(CC(=O)O1)[C@H](OC)/C=C/C=C(\C)C2. The van der Waals surface area contributed by atoms with E-state index in [1.54, 1.807) is 49.0 Å². The number of methoxy groups -OCH3 is 2. The number of esters is 2. The van der Waals surface area contributed by atoms with Crippen LogP contribution < -0.4 is 31.7 Å². The average Bonchev–Trinajstić information content (AvgIpc) is 1.58. The number of aliphatic imine (C=N–C) groups is 1. The minimum absolute atomic E-state index is 0.00201. The Morgan fingerprint density at radius 1 is 0.950 bits per heavy atom. The maximum absolute atomic E-state index is 14.5. The molecule has 558 valence electrons. The van der Waals surface area contributed by atoms with Gasteiger partial charge in [0.1, 0.15) is 71.4 Å². The van der Waals surface area contributed by atoms with Gasteiger partial charge < -0.3 is 80.4 Å². The highest BCUT2D eigenvalue weighted by atomic mass is 35.5. The number of rotatable bonds is 40. The number of nitrogens with two attached hydrogens (primary N) is 2. The van der Waals surface area contributed by atoms with Crippen molar-refractivity contribution in [1.29, 1.82) is 0 Å². The zero-order chi connectivity index (χ0) is 74.7. The lowest BCUT2D eigenvalue weighted by atomic mass is 9.78. The van der Waals surface area contributed by atoms with Crippen LogP contribution in [0.1, 0.15) is 122 Å². The van der Waals surface area contributed by atoms with E-state index in [0.717, 1.165) is 37.6 Å². The lowest BCUT2D eigenvalue weighted by Crippen LogP contribution is -2.53. The van der Waals surface area contributed by atoms with Crippen molar-refractivity contribution in [2.45, 2.75) is 184 Å². The van der Waals surface area contributed by atoms with E-state index >= 15 is 0 Å². The number of carbonyl (C=O) groups is 12. The lowest BCUT2D eigenvalue weighted by Gasteiger charge is -2.41. The van der Waals surface area contributed by atoms with Crippen molar-refractivity contribution in [2.24, 2.45) is 34.2 Å². The summed E-state index contributed by atoms with van der Waals surface area (Å²) < 4.78 is 41.0. The van der Waals surface area contributed by atoms with Crippen LogP contribution in [0.4, 0.5) is 5.69 Å². The highest BCUT2D eigenvalue weighted by Crippen LogP contribution is 2.50. The van der Waals surface area contributed by atoms with Gasteiger partial charge in [0.25, 0.3) is 12.9 Å². The molecule has 3 aliphatic rings. The molecule has 1 aromatic carbocycles. The predicted octanol–water partition coefficient (Wildman–Crippen LogP) is 3.01. The summed E-state index contributed by atoms with van der Waals surface area (Å²) in [6.07, 6.45) is 2.92. The summed E-state index contributed by atoms with van der Waals surface area (Å²) in [6, 6.07) is -0.738. The largest absolute Gasteiger partial charge is 0.495 e. The molecule has 4 heterocycles. The van der Waals surface area contributed by atoms with E-state index in [2.05, 4.69) is 25.9 Å². The molecule has 4 amide bonds. The van der Waals surface area contributed by atoms with Crippen molar-refractivity contribution in [3.8, 4) is 5.75 Å². The van der Waals surface area contributed by atoms with E-state index in [1.807, 2.05) is 13.0 Å². The third kappa shape index (κ3) is 25.7. The molecule has 5 rings (SSSR count). The van der Waals surface area contributed by atoms with Crippen LogP contribution in [0.3, 0.4) is 0 Å². The monoisotopic (exact) mass is 1480 g/mol. The molecular weight excluding hydrogens is 1380 g/mol. The van der Waals surface area contributed by atoms with Crippen molar-refractivity contribution in [2.75, 3.05) is 64.5 Å². The molecule has 1 aromatic heterocycles. The quantitative estimate of drug-likeness (QED) is 0.00737. The zero-order valence-corrected chi connectivity index (χ0v) is 60.3. The topological polar surface area (TPSA) is 459 Å². The van der Waals surface area contributed by atoms with Gasteiger partial charge in [-0.3, -0.25) is 57.6 Å². The van der Waals surface area contributed by atoms with E-state index in [0.29, 0.717) is 55.8 Å². The fourth-order valence-electron chi connectivity index (χ4n) is 11.6. The Labute approximate surface area is 597 Å². The van der Waals surface area contributed by atoms with E-state index in [9.17, 15) is 67.7 Å². The number of epoxide rings is 1. The van der Waals surface area contributed by atoms with Gasteiger partial charge in [0.05, 0.1) is 55.3 Å². The Hall–Kier alpha value is -8.18. The number of Topliss-reactive ketones (excluding diaryl/α,β-unsaturated/α-hetero) is 2. The number of hydrogen-bond acceptors (Lipinski definition) is 25. The minimum Gasteiger partial charge on any atom is -0.495 e. The summed E-state index contributed by atoms with van der Waals surface area (Å²) in [6.45, 7) is 5.98. The Kier molecular flexibility index (Phi) is 33.4. The van der Waals surface area contributed by atoms with Crippen LogP contribution in [0.2, 0.25) is 5.02 Å². The number of carbonyl (C=O) groups excluding carboxylic acids is 10. The first-order valence-electron chi connectivity index (χ1n) is 32.8. The number of carboxylic acids is 2. The number of amides is 4. The van der Waals surface area contributed by atoms with E-state index in [1.165, 1.54) is 40.1 Å². The first-order valence-corrected chi connectivity index (χ1v) is 35.7. The number of aryl methyl sites for hydroxylation is 2. The van der Waals surface area contributed by atoms with Crippen LogP contribution in [-0.4, -0.2) is 227 Å². The molecule has 0 radical (unpaired) electrons. The van der Waals surface area contributed by atoms with Gasteiger partial charge in [0.15, 0.2) is 11.7 Å². The van der Waals surface area contributed by atoms with Crippen LogP contribution in [0, 0.1) is 17.8 Å². The van der Waals surface area contributed by atoms with Crippen molar-refractivity contribution < 1.29 is 106 Å². The highest BCUT2D eigenvalue weighted by molar-refractivity contribution is 8.76. The normalized spacial score (nSPS) is 22.9. The third-order valence-corrected chi connectivity index (χ3v) is 20.5.